The summed E-state index contributed by atoms with van der Waals surface area (Å²) in [6.07, 6.45) is 1.66. The third-order valence-electron chi connectivity index (χ3n) is 1.31. The van der Waals surface area contributed by atoms with Crippen LogP contribution < -0.4 is 5.73 Å². The molecule has 1 rings (SSSR count). The first kappa shape index (κ1) is 7.94. The van der Waals surface area contributed by atoms with Crippen LogP contribution in [0.4, 0.5) is 5.82 Å². The molecule has 1 heterocycles. The lowest BCUT2D eigenvalue weighted by Gasteiger charge is -1.97. The Morgan fingerprint density at radius 2 is 2.55 bits per heavy atom. The Bertz CT molecular complexity index is 266. The molecule has 0 spiro atoms. The van der Waals surface area contributed by atoms with Crippen molar-refractivity contribution < 1.29 is 0 Å². The second kappa shape index (κ2) is 3.29. The molecule has 0 unspecified atom stereocenters. The van der Waals surface area contributed by atoms with Gasteiger partial charge >= 0.3 is 0 Å². The molecule has 0 saturated heterocycles. The van der Waals surface area contributed by atoms with Gasteiger partial charge < -0.3 is 5.73 Å². The largest absolute Gasteiger partial charge is 0.312 e. The minimum absolute atomic E-state index is 0.280. The number of aryl methyl sites for hydroxylation is 1. The monoisotopic (exact) mass is 149 g/mol. The van der Waals surface area contributed by atoms with Crippen LogP contribution in [0.1, 0.15) is 5.56 Å². The van der Waals surface area contributed by atoms with E-state index in [1.165, 1.54) is 4.68 Å². The molecule has 6 heteroatoms. The summed E-state index contributed by atoms with van der Waals surface area (Å²) in [5, 5.41) is 10.8. The van der Waals surface area contributed by atoms with Crippen molar-refractivity contribution >= 4 is 13.8 Å². The van der Waals surface area contributed by atoms with Gasteiger partial charge in [-0.1, -0.05) is 0 Å². The summed E-state index contributed by atoms with van der Waals surface area (Å²) in [7, 11) is 4.89. The zero-order valence-electron chi connectivity index (χ0n) is 6.23. The van der Waals surface area contributed by atoms with Crippen molar-refractivity contribution in [2.45, 2.75) is 13.6 Å². The molecule has 0 atom stereocenters. The summed E-state index contributed by atoms with van der Waals surface area (Å²) in [6.45, 7) is 2.14. The lowest BCUT2D eigenvalue weighted by Crippen LogP contribution is -2.07. The topological polar surface area (TPSA) is 68.6 Å². The second-order valence-corrected chi connectivity index (χ2v) is 2.05. The van der Waals surface area contributed by atoms with Crippen LogP contribution in [-0.2, 0) is 6.67 Å². The standard InChI is InChI=1S/C5H8BN5/c1-4-2-8-11(3-7)5(4)9-10-6/h2H,3,7H2,1H3. The van der Waals surface area contributed by atoms with Crippen LogP contribution in [0.5, 0.6) is 0 Å². The highest BCUT2D eigenvalue weighted by molar-refractivity contribution is 6.04. The Hall–Kier alpha value is -1.17. The molecule has 0 amide bonds. The molecule has 1 aromatic heterocycles. The van der Waals surface area contributed by atoms with Crippen molar-refractivity contribution in [1.29, 1.82) is 0 Å². The average Bonchev–Trinajstić information content (AvgIpc) is 2.34. The smallest absolute Gasteiger partial charge is 0.293 e. The Morgan fingerprint density at radius 1 is 1.82 bits per heavy atom. The maximum Gasteiger partial charge on any atom is 0.293 e. The Kier molecular flexibility index (Phi) is 2.38. The highest BCUT2D eigenvalue weighted by Gasteiger charge is 2.02. The van der Waals surface area contributed by atoms with Gasteiger partial charge in [0.2, 0.25) is 0 Å². The van der Waals surface area contributed by atoms with Crippen LogP contribution in [0.2, 0.25) is 0 Å². The SMILES string of the molecule is [B]N=Nc1c(C)cnn1CN. The van der Waals surface area contributed by atoms with Gasteiger partial charge in [-0.25, -0.2) is 4.68 Å². The summed E-state index contributed by atoms with van der Waals surface area (Å²) in [6, 6.07) is 0. The van der Waals surface area contributed by atoms with Crippen molar-refractivity contribution in [1.82, 2.24) is 9.78 Å². The molecule has 0 aromatic carbocycles. The molecule has 0 aliphatic heterocycles. The minimum atomic E-state index is 0.280. The molecule has 2 radical (unpaired) electrons. The second-order valence-electron chi connectivity index (χ2n) is 2.05. The maximum atomic E-state index is 5.35. The van der Waals surface area contributed by atoms with E-state index in [1.807, 2.05) is 6.92 Å². The van der Waals surface area contributed by atoms with Crippen LogP contribution in [-0.4, -0.2) is 17.8 Å². The number of nitrogens with zero attached hydrogens (tertiary/aromatic N) is 4. The number of rotatable bonds is 2. The van der Waals surface area contributed by atoms with E-state index in [-0.39, 0.29) is 6.67 Å². The number of aromatic nitrogens is 2. The van der Waals surface area contributed by atoms with Crippen LogP contribution in [0, 0.1) is 6.92 Å². The number of hydrogen-bond donors (Lipinski definition) is 1. The van der Waals surface area contributed by atoms with E-state index in [9.17, 15) is 0 Å². The number of hydrogen-bond acceptors (Lipinski definition) is 4. The van der Waals surface area contributed by atoms with Gasteiger partial charge in [0.15, 0.2) is 5.82 Å². The molecule has 0 bridgehead atoms. The molecule has 0 aliphatic rings. The van der Waals surface area contributed by atoms with Gasteiger partial charge in [-0.3, -0.25) is 5.03 Å². The first-order valence-corrected chi connectivity index (χ1v) is 3.13. The predicted molar refractivity (Wildman–Crippen MR) is 41.4 cm³/mol. The van der Waals surface area contributed by atoms with Crippen molar-refractivity contribution in [2.24, 2.45) is 15.9 Å². The van der Waals surface area contributed by atoms with Gasteiger partial charge in [0, 0.05) is 5.56 Å². The highest BCUT2D eigenvalue weighted by Crippen LogP contribution is 2.16. The average molecular weight is 149 g/mol. The molecule has 56 valence electrons. The Labute approximate surface area is 65.7 Å². The van der Waals surface area contributed by atoms with Gasteiger partial charge in [-0.15, -0.1) is 0 Å². The summed E-state index contributed by atoms with van der Waals surface area (Å²) in [5.41, 5.74) is 6.26. The summed E-state index contributed by atoms with van der Waals surface area (Å²) in [5.74, 6) is 0.606. The van der Waals surface area contributed by atoms with E-state index in [0.29, 0.717) is 5.82 Å². The molecule has 2 N–H and O–H groups in total. The first-order valence-electron chi connectivity index (χ1n) is 3.13. The lowest BCUT2D eigenvalue weighted by atomic mass is 10.4. The molecule has 11 heavy (non-hydrogen) atoms. The fourth-order valence-corrected chi connectivity index (χ4v) is 0.791. The van der Waals surface area contributed by atoms with Gasteiger partial charge in [-0.2, -0.15) is 10.2 Å². The van der Waals surface area contributed by atoms with Crippen molar-refractivity contribution in [2.75, 3.05) is 0 Å². The van der Waals surface area contributed by atoms with Crippen LogP contribution >= 0.6 is 0 Å². The highest BCUT2D eigenvalue weighted by atomic mass is 15.4. The minimum Gasteiger partial charge on any atom is -0.312 e. The maximum absolute atomic E-state index is 5.35. The molecule has 5 nitrogen and oxygen atoms in total. The van der Waals surface area contributed by atoms with E-state index in [1.54, 1.807) is 6.20 Å². The quantitative estimate of drug-likeness (QED) is 0.484. The van der Waals surface area contributed by atoms with Gasteiger partial charge in [0.1, 0.15) is 0 Å². The normalized spacial score (nSPS) is 11.1. The van der Waals surface area contributed by atoms with Crippen LogP contribution in [0.15, 0.2) is 16.3 Å². The van der Waals surface area contributed by atoms with E-state index in [4.69, 9.17) is 13.7 Å². The zero-order valence-corrected chi connectivity index (χ0v) is 6.23. The molecular weight excluding hydrogens is 141 g/mol. The fourth-order valence-electron chi connectivity index (χ4n) is 0.791. The van der Waals surface area contributed by atoms with Crippen molar-refractivity contribution in [3.63, 3.8) is 0 Å². The van der Waals surface area contributed by atoms with E-state index >= 15 is 0 Å². The van der Waals surface area contributed by atoms with E-state index in [2.05, 4.69) is 15.2 Å². The molecule has 0 saturated carbocycles. The molecule has 1 aromatic rings. The van der Waals surface area contributed by atoms with E-state index in [0.717, 1.165) is 5.56 Å². The molecule has 0 fully saturated rings. The van der Waals surface area contributed by atoms with Gasteiger partial charge in [0.05, 0.1) is 12.9 Å². The predicted octanol–water partition coefficient (Wildman–Crippen LogP) is 0.275. The van der Waals surface area contributed by atoms with E-state index < -0.39 is 0 Å². The summed E-state index contributed by atoms with van der Waals surface area (Å²) in [4.78, 5) is 0. The van der Waals surface area contributed by atoms with Crippen molar-refractivity contribution in [3.05, 3.63) is 11.8 Å². The Morgan fingerprint density at radius 3 is 3.09 bits per heavy atom. The third kappa shape index (κ3) is 1.46. The van der Waals surface area contributed by atoms with Crippen LogP contribution in [0.25, 0.3) is 0 Å². The molecular formula is C5H8BN5. The zero-order chi connectivity index (χ0) is 8.27. The van der Waals surface area contributed by atoms with Gasteiger partial charge in [-0.05, 0) is 6.92 Å². The summed E-state index contributed by atoms with van der Waals surface area (Å²) < 4.78 is 1.52. The fraction of sp³-hybridized carbons (Fsp3) is 0.400. The Balaban J connectivity index is 3.07. The van der Waals surface area contributed by atoms with Gasteiger partial charge in [0.25, 0.3) is 7.98 Å². The number of nitrogens with two attached hydrogens (primary N) is 1. The third-order valence-corrected chi connectivity index (χ3v) is 1.31. The van der Waals surface area contributed by atoms with Crippen molar-refractivity contribution in [3.8, 4) is 0 Å². The molecule has 0 aliphatic carbocycles. The van der Waals surface area contributed by atoms with Crippen LogP contribution in [0.3, 0.4) is 0 Å². The lowest BCUT2D eigenvalue weighted by molar-refractivity contribution is 0.639. The summed E-state index contributed by atoms with van der Waals surface area (Å²) >= 11 is 0. The first-order chi connectivity index (χ1) is 5.29.